The van der Waals surface area contributed by atoms with E-state index in [1.54, 1.807) is 0 Å². The van der Waals surface area contributed by atoms with Gasteiger partial charge in [-0.05, 0) is 51.4 Å². The average Bonchev–Trinajstić information content (AvgIpc) is 3.23. The molecule has 5 heteroatoms. The van der Waals surface area contributed by atoms with E-state index in [4.69, 9.17) is 19.6 Å². The Morgan fingerprint density at radius 3 is 2.13 bits per heavy atom. The summed E-state index contributed by atoms with van der Waals surface area (Å²) in [4.78, 5) is 21.5. The SMILES string of the molecule is CCCC/C=C\C=C/CCCCCCCCC1CCC(C2CC[C@@H](CC(=O)O)OO2)O1. The molecule has 4 atom stereocenters. The molecule has 0 aromatic carbocycles. The van der Waals surface area contributed by atoms with Crippen LogP contribution in [0.2, 0.25) is 0 Å². The van der Waals surface area contributed by atoms with Crippen molar-refractivity contribution in [2.24, 2.45) is 0 Å². The lowest BCUT2D eigenvalue weighted by Gasteiger charge is -2.30. The zero-order chi connectivity index (χ0) is 22.2. The van der Waals surface area contributed by atoms with Gasteiger partial charge in [0.25, 0.3) is 0 Å². The van der Waals surface area contributed by atoms with Crippen LogP contribution in [0.4, 0.5) is 0 Å². The zero-order valence-corrected chi connectivity index (χ0v) is 19.5. The molecule has 178 valence electrons. The van der Waals surface area contributed by atoms with Gasteiger partial charge in [0, 0.05) is 0 Å². The Kier molecular flexibility index (Phi) is 13.9. The summed E-state index contributed by atoms with van der Waals surface area (Å²) in [6, 6.07) is 0. The van der Waals surface area contributed by atoms with Gasteiger partial charge < -0.3 is 9.84 Å². The summed E-state index contributed by atoms with van der Waals surface area (Å²) in [7, 11) is 0. The monoisotopic (exact) mass is 436 g/mol. The lowest BCUT2D eigenvalue weighted by Crippen LogP contribution is -2.37. The molecular formula is C26H44O5. The number of rotatable bonds is 16. The lowest BCUT2D eigenvalue weighted by atomic mass is 10.0. The van der Waals surface area contributed by atoms with E-state index < -0.39 is 5.97 Å². The van der Waals surface area contributed by atoms with Crippen LogP contribution < -0.4 is 0 Å². The van der Waals surface area contributed by atoms with Crippen LogP contribution >= 0.6 is 0 Å². The Balaban J connectivity index is 1.40. The Morgan fingerprint density at radius 1 is 0.806 bits per heavy atom. The van der Waals surface area contributed by atoms with Crippen LogP contribution in [0.1, 0.15) is 110 Å². The van der Waals surface area contributed by atoms with Crippen LogP contribution in [0.25, 0.3) is 0 Å². The number of ether oxygens (including phenoxy) is 1. The minimum atomic E-state index is -0.841. The minimum absolute atomic E-state index is 0.00797. The summed E-state index contributed by atoms with van der Waals surface area (Å²) in [6.07, 6.45) is 26.6. The topological polar surface area (TPSA) is 65.0 Å². The van der Waals surface area contributed by atoms with Gasteiger partial charge in [-0.15, -0.1) is 0 Å². The Bertz CT molecular complexity index is 522. The first kappa shape index (κ1) is 26.1. The van der Waals surface area contributed by atoms with Crippen molar-refractivity contribution in [3.05, 3.63) is 24.3 Å². The fraction of sp³-hybridized carbons (Fsp3) is 0.808. The predicted molar refractivity (Wildman–Crippen MR) is 124 cm³/mol. The van der Waals surface area contributed by atoms with E-state index >= 15 is 0 Å². The Labute approximate surface area is 189 Å². The molecule has 3 unspecified atom stereocenters. The second-order valence-electron chi connectivity index (χ2n) is 9.10. The molecule has 0 aliphatic carbocycles. The first-order chi connectivity index (χ1) is 15.2. The van der Waals surface area contributed by atoms with Crippen molar-refractivity contribution >= 4 is 5.97 Å². The number of aliphatic carboxylic acids is 1. The zero-order valence-electron chi connectivity index (χ0n) is 19.5. The molecular weight excluding hydrogens is 392 g/mol. The molecule has 2 fully saturated rings. The Hall–Kier alpha value is -1.17. The second-order valence-corrected chi connectivity index (χ2v) is 9.10. The highest BCUT2D eigenvalue weighted by Crippen LogP contribution is 2.31. The van der Waals surface area contributed by atoms with Crippen LogP contribution in [0.5, 0.6) is 0 Å². The quantitative estimate of drug-likeness (QED) is 0.162. The molecule has 31 heavy (non-hydrogen) atoms. The van der Waals surface area contributed by atoms with Crippen molar-refractivity contribution in [3.8, 4) is 0 Å². The van der Waals surface area contributed by atoms with Crippen LogP contribution in [0.15, 0.2) is 24.3 Å². The van der Waals surface area contributed by atoms with Gasteiger partial charge in [0.1, 0.15) is 12.2 Å². The molecule has 2 aliphatic heterocycles. The molecule has 2 heterocycles. The van der Waals surface area contributed by atoms with Crippen molar-refractivity contribution < 1.29 is 24.4 Å². The predicted octanol–water partition coefficient (Wildman–Crippen LogP) is 6.91. The van der Waals surface area contributed by atoms with E-state index in [1.165, 1.54) is 64.2 Å². The summed E-state index contributed by atoms with van der Waals surface area (Å²) in [5, 5.41) is 8.84. The highest BCUT2D eigenvalue weighted by atomic mass is 17.2. The largest absolute Gasteiger partial charge is 0.481 e. The van der Waals surface area contributed by atoms with Crippen molar-refractivity contribution in [2.75, 3.05) is 0 Å². The van der Waals surface area contributed by atoms with Gasteiger partial charge in [-0.3, -0.25) is 4.79 Å². The summed E-state index contributed by atoms with van der Waals surface area (Å²) >= 11 is 0. The van der Waals surface area contributed by atoms with Crippen molar-refractivity contribution in [3.63, 3.8) is 0 Å². The van der Waals surface area contributed by atoms with Gasteiger partial charge in [-0.1, -0.05) is 76.2 Å². The normalized spacial score (nSPS) is 26.9. The summed E-state index contributed by atoms with van der Waals surface area (Å²) in [5.41, 5.74) is 0. The molecule has 2 saturated heterocycles. The molecule has 0 aromatic heterocycles. The number of unbranched alkanes of at least 4 members (excludes halogenated alkanes) is 8. The molecule has 0 saturated carbocycles. The van der Waals surface area contributed by atoms with Gasteiger partial charge in [0.15, 0.2) is 0 Å². The number of carbonyl (C=O) groups is 1. The molecule has 0 aromatic rings. The third-order valence-corrected chi connectivity index (χ3v) is 6.30. The van der Waals surface area contributed by atoms with Crippen LogP contribution in [-0.2, 0) is 19.3 Å². The first-order valence-electron chi connectivity index (χ1n) is 12.7. The minimum Gasteiger partial charge on any atom is -0.481 e. The van der Waals surface area contributed by atoms with Crippen LogP contribution in [-0.4, -0.2) is 35.5 Å². The number of allylic oxidation sites excluding steroid dienone is 4. The number of hydrogen-bond acceptors (Lipinski definition) is 4. The van der Waals surface area contributed by atoms with Crippen molar-refractivity contribution in [1.82, 2.24) is 0 Å². The van der Waals surface area contributed by atoms with Gasteiger partial charge in [0.2, 0.25) is 0 Å². The maximum absolute atomic E-state index is 10.8. The fourth-order valence-corrected chi connectivity index (χ4v) is 4.41. The molecule has 0 amide bonds. The standard InChI is InChI=1S/C26H44O5/c1-2-3-4-5-6-7-8-9-10-11-12-13-14-15-16-22-17-19-24(29-22)25-20-18-23(30-31-25)21-26(27)28/h5-8,22-25H,2-4,9-21H2,1H3,(H,27,28)/b6-5-,8-7-/t22?,23-,24?,25?/m0/s1. The van der Waals surface area contributed by atoms with Crippen LogP contribution in [0.3, 0.4) is 0 Å². The summed E-state index contributed by atoms with van der Waals surface area (Å²) in [5.74, 6) is -0.841. The smallest absolute Gasteiger partial charge is 0.306 e. The maximum atomic E-state index is 10.8. The molecule has 5 nitrogen and oxygen atoms in total. The van der Waals surface area contributed by atoms with E-state index in [2.05, 4.69) is 31.2 Å². The van der Waals surface area contributed by atoms with E-state index in [-0.39, 0.29) is 24.7 Å². The van der Waals surface area contributed by atoms with E-state index in [0.717, 1.165) is 32.1 Å². The van der Waals surface area contributed by atoms with Gasteiger partial charge in [-0.25, -0.2) is 9.78 Å². The Morgan fingerprint density at radius 2 is 1.45 bits per heavy atom. The average molecular weight is 437 g/mol. The number of hydrogen-bond donors (Lipinski definition) is 1. The summed E-state index contributed by atoms with van der Waals surface area (Å²) in [6.45, 7) is 2.23. The van der Waals surface area contributed by atoms with Gasteiger partial charge >= 0.3 is 5.97 Å². The van der Waals surface area contributed by atoms with E-state index in [1.807, 2.05) is 0 Å². The first-order valence-corrected chi connectivity index (χ1v) is 12.7. The summed E-state index contributed by atoms with van der Waals surface area (Å²) < 4.78 is 6.20. The highest BCUT2D eigenvalue weighted by Gasteiger charge is 2.36. The molecule has 0 spiro atoms. The van der Waals surface area contributed by atoms with Crippen LogP contribution in [0, 0.1) is 0 Å². The third kappa shape index (κ3) is 11.9. The molecule has 2 rings (SSSR count). The number of carboxylic acid groups (broad SMARTS) is 1. The molecule has 1 N–H and O–H groups in total. The van der Waals surface area contributed by atoms with Gasteiger partial charge in [-0.2, -0.15) is 0 Å². The van der Waals surface area contributed by atoms with Crippen molar-refractivity contribution in [2.45, 2.75) is 134 Å². The lowest BCUT2D eigenvalue weighted by molar-refractivity contribution is -0.385. The van der Waals surface area contributed by atoms with Gasteiger partial charge in [0.05, 0.1) is 18.6 Å². The van der Waals surface area contributed by atoms with E-state index in [9.17, 15) is 4.79 Å². The van der Waals surface area contributed by atoms with E-state index in [0.29, 0.717) is 6.10 Å². The number of carboxylic acids is 1. The third-order valence-electron chi connectivity index (χ3n) is 6.30. The molecule has 0 radical (unpaired) electrons. The fourth-order valence-electron chi connectivity index (χ4n) is 4.41. The highest BCUT2D eigenvalue weighted by molar-refractivity contribution is 5.67. The maximum Gasteiger partial charge on any atom is 0.306 e. The van der Waals surface area contributed by atoms with Crippen molar-refractivity contribution in [1.29, 1.82) is 0 Å². The second kappa shape index (κ2) is 16.5. The molecule has 2 aliphatic rings. The molecule has 0 bridgehead atoms.